The molecule has 0 N–H and O–H groups in total. The molecule has 2 heteroatoms. The Morgan fingerprint density at radius 1 is 0.778 bits per heavy atom. The highest BCUT2D eigenvalue weighted by Gasteiger charge is 2.06. The third-order valence-electron chi connectivity index (χ3n) is 4.82. The van der Waals surface area contributed by atoms with Crippen molar-refractivity contribution in [3.8, 4) is 21.9 Å². The summed E-state index contributed by atoms with van der Waals surface area (Å²) in [6, 6.07) is 27.8. The van der Waals surface area contributed by atoms with Crippen molar-refractivity contribution in [2.45, 2.75) is 32.6 Å². The second-order valence-corrected chi connectivity index (χ2v) is 7.93. The number of unbranched alkanes of at least 4 members (excludes halogenated alkanes) is 2. The van der Waals surface area contributed by atoms with E-state index in [0.717, 1.165) is 10.8 Å². The predicted molar refractivity (Wildman–Crippen MR) is 117 cm³/mol. The number of fused-ring (bicyclic) bond motifs is 1. The molecule has 0 aliphatic carbocycles. The molecule has 0 atom stereocenters. The van der Waals surface area contributed by atoms with E-state index in [-0.39, 0.29) is 0 Å². The average molecular weight is 373 g/mol. The van der Waals surface area contributed by atoms with Gasteiger partial charge in [0.15, 0.2) is 5.06 Å². The lowest BCUT2D eigenvalue weighted by molar-refractivity contribution is 0.497. The van der Waals surface area contributed by atoms with Crippen LogP contribution in [0, 0.1) is 0 Å². The first-order chi connectivity index (χ1) is 13.3. The van der Waals surface area contributed by atoms with Crippen molar-refractivity contribution in [2.24, 2.45) is 0 Å². The van der Waals surface area contributed by atoms with E-state index >= 15 is 0 Å². The highest BCUT2D eigenvalue weighted by atomic mass is 32.1. The molecule has 4 aromatic rings. The van der Waals surface area contributed by atoms with Crippen LogP contribution in [-0.4, -0.2) is 0 Å². The van der Waals surface area contributed by atoms with Gasteiger partial charge in [-0.25, -0.2) is 0 Å². The zero-order chi connectivity index (χ0) is 18.5. The lowest BCUT2D eigenvalue weighted by Gasteiger charge is -2.05. The molecule has 4 rings (SSSR count). The number of para-hydroxylation sites is 1. The first-order valence-electron chi connectivity index (χ1n) is 9.67. The van der Waals surface area contributed by atoms with Crippen LogP contribution in [0.25, 0.3) is 21.2 Å². The molecule has 0 unspecified atom stereocenters. The normalized spacial score (nSPS) is 11.0. The number of hydrogen-bond acceptors (Lipinski definition) is 2. The first kappa shape index (κ1) is 17.8. The first-order valence-corrected chi connectivity index (χ1v) is 10.5. The van der Waals surface area contributed by atoms with Crippen LogP contribution < -0.4 is 4.74 Å². The van der Waals surface area contributed by atoms with Gasteiger partial charge in [-0.2, -0.15) is 0 Å². The summed E-state index contributed by atoms with van der Waals surface area (Å²) in [5, 5.41) is 2.16. The molecule has 0 radical (unpaired) electrons. The van der Waals surface area contributed by atoms with E-state index < -0.39 is 0 Å². The van der Waals surface area contributed by atoms with Crippen LogP contribution in [-0.2, 0) is 6.42 Å². The molecule has 1 aromatic heterocycles. The molecule has 0 saturated heterocycles. The Bertz CT molecular complexity index is 1000. The van der Waals surface area contributed by atoms with Gasteiger partial charge >= 0.3 is 0 Å². The Morgan fingerprint density at radius 3 is 2.33 bits per heavy atom. The lowest BCUT2D eigenvalue weighted by atomic mass is 10.0. The summed E-state index contributed by atoms with van der Waals surface area (Å²) in [7, 11) is 0. The van der Waals surface area contributed by atoms with Gasteiger partial charge in [-0.15, -0.1) is 0 Å². The second-order valence-electron chi connectivity index (χ2n) is 6.89. The average Bonchev–Trinajstić information content (AvgIpc) is 3.11. The number of benzene rings is 3. The Morgan fingerprint density at radius 2 is 1.56 bits per heavy atom. The fraction of sp³-hybridized carbons (Fsp3) is 0.200. The van der Waals surface area contributed by atoms with Gasteiger partial charge in [-0.1, -0.05) is 85.7 Å². The number of aryl methyl sites for hydroxylation is 1. The monoisotopic (exact) mass is 372 g/mol. The Kier molecular flexibility index (Phi) is 5.55. The Balaban J connectivity index is 1.52. The minimum Gasteiger partial charge on any atom is -0.447 e. The summed E-state index contributed by atoms with van der Waals surface area (Å²) < 4.78 is 7.24. The second kappa shape index (κ2) is 8.41. The van der Waals surface area contributed by atoms with E-state index in [4.69, 9.17) is 4.74 Å². The van der Waals surface area contributed by atoms with Crippen molar-refractivity contribution in [3.05, 3.63) is 84.4 Å². The molecular formula is C25H24OS. The van der Waals surface area contributed by atoms with Crippen molar-refractivity contribution < 1.29 is 4.74 Å². The minimum atomic E-state index is 0.878. The van der Waals surface area contributed by atoms with Gasteiger partial charge < -0.3 is 4.74 Å². The quantitative estimate of drug-likeness (QED) is 0.298. The van der Waals surface area contributed by atoms with Crippen molar-refractivity contribution in [1.82, 2.24) is 0 Å². The summed E-state index contributed by atoms with van der Waals surface area (Å²) in [6.45, 7) is 2.25. The van der Waals surface area contributed by atoms with Gasteiger partial charge in [-0.05, 0) is 53.1 Å². The van der Waals surface area contributed by atoms with Gasteiger partial charge in [-0.3, -0.25) is 0 Å². The maximum Gasteiger partial charge on any atom is 0.182 e. The topological polar surface area (TPSA) is 9.23 Å². The number of rotatable bonds is 7. The molecule has 0 amide bonds. The Labute approximate surface area is 165 Å². The fourth-order valence-corrected chi connectivity index (χ4v) is 4.26. The Hall–Kier alpha value is -2.58. The van der Waals surface area contributed by atoms with Gasteiger partial charge in [0, 0.05) is 10.8 Å². The van der Waals surface area contributed by atoms with Crippen LogP contribution in [0.15, 0.2) is 78.9 Å². The molecule has 0 saturated carbocycles. The summed E-state index contributed by atoms with van der Waals surface area (Å²) in [5.41, 5.74) is 3.97. The number of ether oxygens (including phenoxy) is 1. The van der Waals surface area contributed by atoms with E-state index in [2.05, 4.69) is 55.5 Å². The van der Waals surface area contributed by atoms with Crippen molar-refractivity contribution in [1.29, 1.82) is 0 Å². The molecule has 1 heterocycles. The van der Waals surface area contributed by atoms with Gasteiger partial charge in [0.1, 0.15) is 5.75 Å². The minimum absolute atomic E-state index is 0.878. The predicted octanol–water partition coefficient (Wildman–Crippen LogP) is 8.09. The fourth-order valence-electron chi connectivity index (χ4n) is 3.28. The van der Waals surface area contributed by atoms with Crippen molar-refractivity contribution in [2.75, 3.05) is 0 Å². The number of hydrogen-bond donors (Lipinski definition) is 0. The van der Waals surface area contributed by atoms with Crippen LogP contribution in [0.3, 0.4) is 0 Å². The van der Waals surface area contributed by atoms with Crippen LogP contribution in [0.2, 0.25) is 0 Å². The molecule has 1 nitrogen and oxygen atoms in total. The van der Waals surface area contributed by atoms with Gasteiger partial charge in [0.25, 0.3) is 0 Å². The molecule has 3 aromatic carbocycles. The number of thiophene rings is 1. The van der Waals surface area contributed by atoms with E-state index in [9.17, 15) is 0 Å². The maximum absolute atomic E-state index is 5.99. The molecule has 0 aliphatic rings. The van der Waals surface area contributed by atoms with Crippen LogP contribution in [0.1, 0.15) is 31.7 Å². The summed E-state index contributed by atoms with van der Waals surface area (Å²) in [6.07, 6.45) is 5.04. The van der Waals surface area contributed by atoms with E-state index in [1.807, 2.05) is 30.3 Å². The molecule has 0 aliphatic heterocycles. The molecular weight excluding hydrogens is 348 g/mol. The SMILES string of the molecule is CCCCCc1ccc(-c2ccc3cc(Oc4ccccc4)sc3c2)cc1. The van der Waals surface area contributed by atoms with Crippen LogP contribution >= 0.6 is 11.3 Å². The van der Waals surface area contributed by atoms with Gasteiger partial charge in [0.05, 0.1) is 0 Å². The molecule has 27 heavy (non-hydrogen) atoms. The largest absolute Gasteiger partial charge is 0.447 e. The third kappa shape index (κ3) is 4.40. The molecule has 0 fully saturated rings. The van der Waals surface area contributed by atoms with Crippen molar-refractivity contribution in [3.63, 3.8) is 0 Å². The summed E-state index contributed by atoms with van der Waals surface area (Å²) >= 11 is 1.70. The maximum atomic E-state index is 5.99. The zero-order valence-corrected chi connectivity index (χ0v) is 16.5. The lowest BCUT2D eigenvalue weighted by Crippen LogP contribution is -1.85. The van der Waals surface area contributed by atoms with E-state index in [0.29, 0.717) is 0 Å². The molecule has 136 valence electrons. The zero-order valence-electron chi connectivity index (χ0n) is 15.7. The summed E-state index contributed by atoms with van der Waals surface area (Å²) in [4.78, 5) is 0. The highest BCUT2D eigenvalue weighted by molar-refractivity contribution is 7.20. The highest BCUT2D eigenvalue weighted by Crippen LogP contribution is 2.36. The van der Waals surface area contributed by atoms with E-state index in [1.165, 1.54) is 52.5 Å². The van der Waals surface area contributed by atoms with Gasteiger partial charge in [0.2, 0.25) is 0 Å². The standard InChI is InChI=1S/C25H24OS/c1-2-3-5-8-19-11-13-20(14-12-19)21-15-16-22-18-25(27-24(22)17-21)26-23-9-6-4-7-10-23/h4,6-7,9-18H,2-3,5,8H2,1H3. The molecule has 0 spiro atoms. The van der Waals surface area contributed by atoms with Crippen LogP contribution in [0.4, 0.5) is 0 Å². The third-order valence-corrected chi connectivity index (χ3v) is 5.79. The van der Waals surface area contributed by atoms with E-state index in [1.54, 1.807) is 11.3 Å². The smallest absolute Gasteiger partial charge is 0.182 e. The van der Waals surface area contributed by atoms with Crippen molar-refractivity contribution >= 4 is 21.4 Å². The molecule has 0 bridgehead atoms. The summed E-state index contributed by atoms with van der Waals surface area (Å²) in [5.74, 6) is 0.878. The van der Waals surface area contributed by atoms with Crippen LogP contribution in [0.5, 0.6) is 10.8 Å².